The van der Waals surface area contributed by atoms with Crippen molar-refractivity contribution in [1.29, 1.82) is 0 Å². The molecule has 0 saturated heterocycles. The second kappa shape index (κ2) is 5.94. The summed E-state index contributed by atoms with van der Waals surface area (Å²) in [4.78, 5) is 0. The molecule has 1 nitrogen and oxygen atoms in total. The van der Waals surface area contributed by atoms with Gasteiger partial charge in [0.25, 0.3) is 0 Å². The first-order valence-corrected chi connectivity index (χ1v) is 7.92. The van der Waals surface area contributed by atoms with Gasteiger partial charge in [-0.3, -0.25) is 0 Å². The van der Waals surface area contributed by atoms with Crippen molar-refractivity contribution < 1.29 is 0 Å². The van der Waals surface area contributed by atoms with Crippen LogP contribution in [0, 0.1) is 0 Å². The topological polar surface area (TPSA) is 26.0 Å². The minimum atomic E-state index is -0.102. The molecule has 22 heavy (non-hydrogen) atoms. The van der Waals surface area contributed by atoms with Gasteiger partial charge in [0, 0.05) is 5.54 Å². The molecule has 0 amide bonds. The summed E-state index contributed by atoms with van der Waals surface area (Å²) < 4.78 is 0. The Kier molecular flexibility index (Phi) is 4.00. The number of benzene rings is 1. The van der Waals surface area contributed by atoms with Crippen molar-refractivity contribution in [3.63, 3.8) is 0 Å². The van der Waals surface area contributed by atoms with Gasteiger partial charge in [0.15, 0.2) is 0 Å². The molecule has 0 aliphatic heterocycles. The Hall–Kier alpha value is -2.12. The van der Waals surface area contributed by atoms with Crippen molar-refractivity contribution in [3.8, 4) is 0 Å². The van der Waals surface area contributed by atoms with Crippen molar-refractivity contribution >= 4 is 5.57 Å². The van der Waals surface area contributed by atoms with Crippen LogP contribution in [0.25, 0.3) is 5.57 Å². The summed E-state index contributed by atoms with van der Waals surface area (Å²) in [6, 6.07) is 8.53. The molecule has 0 spiro atoms. The van der Waals surface area contributed by atoms with Crippen LogP contribution in [0.1, 0.15) is 36.8 Å². The van der Waals surface area contributed by atoms with Crippen LogP contribution >= 0.6 is 0 Å². The van der Waals surface area contributed by atoms with Crippen molar-refractivity contribution in [2.45, 2.75) is 31.2 Å². The highest BCUT2D eigenvalue weighted by molar-refractivity contribution is 5.82. The molecule has 112 valence electrons. The third-order valence-electron chi connectivity index (χ3n) is 4.76. The van der Waals surface area contributed by atoms with E-state index in [2.05, 4.69) is 67.8 Å². The zero-order valence-electron chi connectivity index (χ0n) is 13.0. The van der Waals surface area contributed by atoms with E-state index in [9.17, 15) is 0 Å². The number of nitrogens with two attached hydrogens (primary N) is 1. The lowest BCUT2D eigenvalue weighted by Gasteiger charge is -2.38. The molecule has 1 saturated carbocycles. The van der Waals surface area contributed by atoms with Crippen molar-refractivity contribution in [1.82, 2.24) is 0 Å². The molecule has 1 heteroatoms. The maximum atomic E-state index is 6.38. The number of hydrogen-bond acceptors (Lipinski definition) is 1. The minimum absolute atomic E-state index is 0.102. The highest BCUT2D eigenvalue weighted by Crippen LogP contribution is 2.39. The number of hydrogen-bond donors (Lipinski definition) is 1. The molecular formula is C21H23N. The summed E-state index contributed by atoms with van der Waals surface area (Å²) in [6.07, 6.45) is 14.9. The van der Waals surface area contributed by atoms with E-state index < -0.39 is 0 Å². The van der Waals surface area contributed by atoms with E-state index >= 15 is 0 Å². The molecule has 0 heterocycles. The highest BCUT2D eigenvalue weighted by atomic mass is 14.8. The van der Waals surface area contributed by atoms with Gasteiger partial charge in [-0.15, -0.1) is 0 Å². The van der Waals surface area contributed by atoms with Gasteiger partial charge in [-0.05, 0) is 53.5 Å². The van der Waals surface area contributed by atoms with Crippen LogP contribution in [0.2, 0.25) is 0 Å². The van der Waals surface area contributed by atoms with Gasteiger partial charge < -0.3 is 5.73 Å². The molecule has 2 aliphatic carbocycles. The maximum absolute atomic E-state index is 6.38. The Balaban J connectivity index is 1.77. The fourth-order valence-electron chi connectivity index (χ4n) is 3.00. The summed E-state index contributed by atoms with van der Waals surface area (Å²) in [7, 11) is 0. The Morgan fingerprint density at radius 1 is 1.00 bits per heavy atom. The summed E-state index contributed by atoms with van der Waals surface area (Å²) in [6.45, 7) is 8.45. The first-order valence-electron chi connectivity index (χ1n) is 7.92. The molecule has 0 bridgehead atoms. The predicted molar refractivity (Wildman–Crippen MR) is 95.3 cm³/mol. The normalized spacial score (nSPS) is 19.0. The number of allylic oxidation sites excluding steroid dienone is 8. The molecule has 1 aromatic rings. The molecular weight excluding hydrogens is 266 g/mol. The Labute approximate surface area is 133 Å². The zero-order valence-corrected chi connectivity index (χ0v) is 13.0. The predicted octanol–water partition coefficient (Wildman–Crippen LogP) is 5.04. The van der Waals surface area contributed by atoms with Gasteiger partial charge in [0.2, 0.25) is 0 Å². The van der Waals surface area contributed by atoms with Crippen LogP contribution in [0.5, 0.6) is 0 Å². The molecule has 2 N–H and O–H groups in total. The smallest absolute Gasteiger partial charge is 0.0409 e. The molecule has 3 rings (SSSR count). The third kappa shape index (κ3) is 2.77. The van der Waals surface area contributed by atoms with E-state index in [-0.39, 0.29) is 5.54 Å². The lowest BCUT2D eigenvalue weighted by atomic mass is 9.72. The molecule has 0 unspecified atom stereocenters. The van der Waals surface area contributed by atoms with Gasteiger partial charge in [-0.1, -0.05) is 67.8 Å². The average molecular weight is 289 g/mol. The third-order valence-corrected chi connectivity index (χ3v) is 4.76. The molecule has 0 atom stereocenters. The minimum Gasteiger partial charge on any atom is -0.321 e. The van der Waals surface area contributed by atoms with Gasteiger partial charge in [-0.25, -0.2) is 0 Å². The van der Waals surface area contributed by atoms with Crippen LogP contribution in [0.15, 0.2) is 78.9 Å². The fraction of sp³-hybridized carbons (Fsp3) is 0.238. The zero-order chi connectivity index (χ0) is 15.6. The Morgan fingerprint density at radius 2 is 1.73 bits per heavy atom. The van der Waals surface area contributed by atoms with E-state index in [1.54, 1.807) is 0 Å². The van der Waals surface area contributed by atoms with Crippen LogP contribution in [0.4, 0.5) is 0 Å². The lowest BCUT2D eigenvalue weighted by molar-refractivity contribution is 0.253. The first kappa shape index (κ1) is 14.8. The largest absolute Gasteiger partial charge is 0.321 e. The monoisotopic (exact) mass is 289 g/mol. The van der Waals surface area contributed by atoms with Crippen LogP contribution in [0.3, 0.4) is 0 Å². The van der Waals surface area contributed by atoms with E-state index in [0.29, 0.717) is 0 Å². The Morgan fingerprint density at radius 3 is 2.36 bits per heavy atom. The Bertz CT molecular complexity index is 679. The van der Waals surface area contributed by atoms with E-state index in [1.807, 2.05) is 0 Å². The summed E-state index contributed by atoms with van der Waals surface area (Å²) in [5.41, 5.74) is 11.7. The molecule has 2 aliphatic rings. The van der Waals surface area contributed by atoms with Crippen LogP contribution in [-0.2, 0) is 5.54 Å². The van der Waals surface area contributed by atoms with Crippen LogP contribution < -0.4 is 5.73 Å². The van der Waals surface area contributed by atoms with Crippen LogP contribution in [-0.4, -0.2) is 0 Å². The van der Waals surface area contributed by atoms with Gasteiger partial charge in [-0.2, -0.15) is 0 Å². The van der Waals surface area contributed by atoms with Gasteiger partial charge >= 0.3 is 0 Å². The first-order chi connectivity index (χ1) is 10.6. The van der Waals surface area contributed by atoms with E-state index in [1.165, 1.54) is 12.0 Å². The SMILES string of the molecule is C=C(C(=C)c1ccc(C2(N)CCC2)cc1)C1=CCC=CC=C1. The average Bonchev–Trinajstić information content (AvgIpc) is 2.80. The van der Waals surface area contributed by atoms with Crippen molar-refractivity contribution in [3.05, 3.63) is 90.1 Å². The van der Waals surface area contributed by atoms with Gasteiger partial charge in [0.05, 0.1) is 0 Å². The maximum Gasteiger partial charge on any atom is 0.0409 e. The second-order valence-electron chi connectivity index (χ2n) is 6.23. The molecule has 0 aromatic heterocycles. The summed E-state index contributed by atoms with van der Waals surface area (Å²) in [5.74, 6) is 0. The lowest BCUT2D eigenvalue weighted by Crippen LogP contribution is -2.43. The summed E-state index contributed by atoms with van der Waals surface area (Å²) >= 11 is 0. The molecule has 1 aromatic carbocycles. The van der Waals surface area contributed by atoms with Crippen molar-refractivity contribution in [2.75, 3.05) is 0 Å². The van der Waals surface area contributed by atoms with E-state index in [4.69, 9.17) is 5.73 Å². The summed E-state index contributed by atoms with van der Waals surface area (Å²) in [5, 5.41) is 0. The molecule has 0 radical (unpaired) electrons. The molecule has 1 fully saturated rings. The van der Waals surface area contributed by atoms with Gasteiger partial charge in [0.1, 0.15) is 0 Å². The quantitative estimate of drug-likeness (QED) is 0.772. The highest BCUT2D eigenvalue weighted by Gasteiger charge is 2.34. The van der Waals surface area contributed by atoms with Crippen molar-refractivity contribution in [2.24, 2.45) is 5.73 Å². The van der Waals surface area contributed by atoms with E-state index in [0.717, 1.165) is 41.5 Å². The second-order valence-corrected chi connectivity index (χ2v) is 6.23. The standard InChI is InChI=1S/C21H23N/c1-16(18-8-5-3-4-6-9-18)17(2)19-10-12-20(13-11-19)21(22)14-7-15-21/h3-5,8-13H,1-2,6-7,14-15,22H2. The number of rotatable bonds is 4. The fourth-order valence-corrected chi connectivity index (χ4v) is 3.00.